The molecule has 0 aliphatic rings. The van der Waals surface area contributed by atoms with Crippen molar-refractivity contribution in [2.45, 2.75) is 13.0 Å². The SMILES string of the molecule is COc1cc2nc(CNCCCNC(=O)c3ccccc3)nc(N)c2cc1OC.Cl. The number of halogens is 1. The smallest absolute Gasteiger partial charge is 0.251 e. The third kappa shape index (κ3) is 5.71. The summed E-state index contributed by atoms with van der Waals surface area (Å²) in [4.78, 5) is 20.9. The number of amides is 1. The highest BCUT2D eigenvalue weighted by molar-refractivity contribution is 5.94. The van der Waals surface area contributed by atoms with E-state index in [1.165, 1.54) is 0 Å². The number of nitrogen functional groups attached to an aromatic ring is 1. The van der Waals surface area contributed by atoms with Gasteiger partial charge in [0, 0.05) is 23.6 Å². The molecule has 1 amide bonds. The lowest BCUT2D eigenvalue weighted by Gasteiger charge is -2.11. The number of carbonyl (C=O) groups is 1. The van der Waals surface area contributed by atoms with E-state index < -0.39 is 0 Å². The Kier molecular flexibility index (Phi) is 8.64. The molecule has 0 spiro atoms. The van der Waals surface area contributed by atoms with Gasteiger partial charge in [0.15, 0.2) is 11.5 Å². The van der Waals surface area contributed by atoms with E-state index in [2.05, 4.69) is 20.6 Å². The molecule has 0 fully saturated rings. The van der Waals surface area contributed by atoms with Gasteiger partial charge in [-0.2, -0.15) is 0 Å². The monoisotopic (exact) mass is 431 g/mol. The first-order valence-electron chi connectivity index (χ1n) is 9.34. The standard InChI is InChI=1S/C21H25N5O3.ClH/c1-28-17-11-15-16(12-18(17)29-2)25-19(26-20(15)22)13-23-9-6-10-24-21(27)14-7-4-3-5-8-14;/h3-5,7-8,11-12,23H,6,9-10,13H2,1-2H3,(H,24,27)(H2,22,25,26);1H. The van der Waals surface area contributed by atoms with Crippen LogP contribution in [-0.4, -0.2) is 43.2 Å². The van der Waals surface area contributed by atoms with E-state index in [1.54, 1.807) is 38.5 Å². The van der Waals surface area contributed by atoms with Gasteiger partial charge in [-0.15, -0.1) is 12.4 Å². The second-order valence-electron chi connectivity index (χ2n) is 6.40. The molecular weight excluding hydrogens is 406 g/mol. The number of nitrogens with one attached hydrogen (secondary N) is 2. The fraction of sp³-hybridized carbons (Fsp3) is 0.286. The molecule has 0 aliphatic heterocycles. The van der Waals surface area contributed by atoms with Crippen molar-refractivity contribution in [1.29, 1.82) is 0 Å². The number of fused-ring (bicyclic) bond motifs is 1. The lowest BCUT2D eigenvalue weighted by molar-refractivity contribution is 0.0953. The number of carbonyl (C=O) groups excluding carboxylic acids is 1. The van der Waals surface area contributed by atoms with Gasteiger partial charge in [0.05, 0.1) is 26.3 Å². The Morgan fingerprint density at radius 1 is 1.03 bits per heavy atom. The molecule has 0 saturated carbocycles. The number of anilines is 1. The number of aromatic nitrogens is 2. The summed E-state index contributed by atoms with van der Waals surface area (Å²) in [6.07, 6.45) is 0.784. The number of hydrogen-bond acceptors (Lipinski definition) is 7. The molecule has 160 valence electrons. The summed E-state index contributed by atoms with van der Waals surface area (Å²) in [5.41, 5.74) is 7.45. The lowest BCUT2D eigenvalue weighted by Crippen LogP contribution is -2.27. The van der Waals surface area contributed by atoms with E-state index in [9.17, 15) is 4.79 Å². The summed E-state index contributed by atoms with van der Waals surface area (Å²) in [6.45, 7) is 1.77. The van der Waals surface area contributed by atoms with Gasteiger partial charge in [-0.05, 0) is 31.2 Å². The van der Waals surface area contributed by atoms with Gasteiger partial charge in [0.2, 0.25) is 0 Å². The highest BCUT2D eigenvalue weighted by atomic mass is 35.5. The average Bonchev–Trinajstić information content (AvgIpc) is 2.75. The largest absolute Gasteiger partial charge is 0.493 e. The summed E-state index contributed by atoms with van der Waals surface area (Å²) < 4.78 is 10.6. The van der Waals surface area contributed by atoms with Crippen molar-refractivity contribution in [1.82, 2.24) is 20.6 Å². The van der Waals surface area contributed by atoms with Gasteiger partial charge < -0.3 is 25.8 Å². The first-order valence-corrected chi connectivity index (χ1v) is 9.34. The fourth-order valence-electron chi connectivity index (χ4n) is 2.92. The minimum atomic E-state index is -0.0689. The number of methoxy groups -OCH3 is 2. The maximum atomic E-state index is 12.0. The highest BCUT2D eigenvalue weighted by Gasteiger charge is 2.11. The van der Waals surface area contributed by atoms with Gasteiger partial charge in [0.25, 0.3) is 5.91 Å². The zero-order chi connectivity index (χ0) is 20.6. The molecule has 0 aliphatic carbocycles. The molecule has 30 heavy (non-hydrogen) atoms. The van der Waals surface area contributed by atoms with Crippen LogP contribution >= 0.6 is 12.4 Å². The van der Waals surface area contributed by atoms with Crippen molar-refractivity contribution >= 4 is 35.0 Å². The minimum absolute atomic E-state index is 0. The molecule has 0 saturated heterocycles. The fourth-order valence-corrected chi connectivity index (χ4v) is 2.92. The summed E-state index contributed by atoms with van der Waals surface area (Å²) in [5.74, 6) is 2.09. The van der Waals surface area contributed by atoms with Crippen LogP contribution in [-0.2, 0) is 6.54 Å². The second kappa shape index (κ2) is 11.2. The molecule has 3 rings (SSSR count). The Balaban J connectivity index is 0.00000320. The highest BCUT2D eigenvalue weighted by Crippen LogP contribution is 2.33. The molecule has 9 heteroatoms. The van der Waals surface area contributed by atoms with E-state index in [-0.39, 0.29) is 18.3 Å². The van der Waals surface area contributed by atoms with E-state index >= 15 is 0 Å². The maximum absolute atomic E-state index is 12.0. The molecule has 4 N–H and O–H groups in total. The zero-order valence-electron chi connectivity index (χ0n) is 17.0. The van der Waals surface area contributed by atoms with Gasteiger partial charge in [-0.3, -0.25) is 4.79 Å². The van der Waals surface area contributed by atoms with Crippen LogP contribution in [0.3, 0.4) is 0 Å². The van der Waals surface area contributed by atoms with Crippen molar-refractivity contribution < 1.29 is 14.3 Å². The molecule has 0 atom stereocenters. The molecular formula is C21H26ClN5O3. The number of rotatable bonds is 9. The zero-order valence-corrected chi connectivity index (χ0v) is 17.8. The van der Waals surface area contributed by atoms with E-state index in [0.717, 1.165) is 11.8 Å². The van der Waals surface area contributed by atoms with Crippen molar-refractivity contribution in [2.75, 3.05) is 33.0 Å². The van der Waals surface area contributed by atoms with E-state index in [0.29, 0.717) is 53.9 Å². The average molecular weight is 432 g/mol. The van der Waals surface area contributed by atoms with Crippen molar-refractivity contribution in [3.8, 4) is 11.5 Å². The Labute approximate surface area is 181 Å². The molecule has 1 heterocycles. The Hall–Kier alpha value is -3.10. The van der Waals surface area contributed by atoms with Gasteiger partial charge in [-0.1, -0.05) is 18.2 Å². The van der Waals surface area contributed by atoms with Crippen LogP contribution in [0.25, 0.3) is 10.9 Å². The van der Waals surface area contributed by atoms with Gasteiger partial charge in [-0.25, -0.2) is 9.97 Å². The molecule has 2 aromatic carbocycles. The topological polar surface area (TPSA) is 111 Å². The predicted molar refractivity (Wildman–Crippen MR) is 119 cm³/mol. The minimum Gasteiger partial charge on any atom is -0.493 e. The summed E-state index contributed by atoms with van der Waals surface area (Å²) >= 11 is 0. The predicted octanol–water partition coefficient (Wildman–Crippen LogP) is 2.56. The first-order chi connectivity index (χ1) is 14.1. The summed E-state index contributed by atoms with van der Waals surface area (Å²) in [6, 6.07) is 12.7. The molecule has 0 bridgehead atoms. The summed E-state index contributed by atoms with van der Waals surface area (Å²) in [5, 5.41) is 6.89. The van der Waals surface area contributed by atoms with Crippen LogP contribution < -0.4 is 25.8 Å². The lowest BCUT2D eigenvalue weighted by atomic mass is 10.2. The van der Waals surface area contributed by atoms with Crippen molar-refractivity contribution in [3.63, 3.8) is 0 Å². The van der Waals surface area contributed by atoms with Crippen LogP contribution in [0, 0.1) is 0 Å². The Bertz CT molecular complexity index is 985. The first kappa shape index (κ1) is 23.2. The molecule has 0 unspecified atom stereocenters. The number of ether oxygens (including phenoxy) is 2. The van der Waals surface area contributed by atoms with Crippen LogP contribution in [0.1, 0.15) is 22.6 Å². The van der Waals surface area contributed by atoms with Crippen LogP contribution in [0.15, 0.2) is 42.5 Å². The van der Waals surface area contributed by atoms with Crippen LogP contribution in [0.2, 0.25) is 0 Å². The van der Waals surface area contributed by atoms with Crippen molar-refractivity contribution in [3.05, 3.63) is 53.9 Å². The maximum Gasteiger partial charge on any atom is 0.251 e. The number of nitrogens with zero attached hydrogens (tertiary/aromatic N) is 2. The molecule has 0 radical (unpaired) electrons. The van der Waals surface area contributed by atoms with E-state index in [1.807, 2.05) is 18.2 Å². The third-order valence-electron chi connectivity index (χ3n) is 4.41. The molecule has 3 aromatic rings. The Morgan fingerprint density at radius 3 is 2.43 bits per heavy atom. The van der Waals surface area contributed by atoms with Gasteiger partial charge >= 0.3 is 0 Å². The third-order valence-corrected chi connectivity index (χ3v) is 4.41. The number of hydrogen-bond donors (Lipinski definition) is 3. The van der Waals surface area contributed by atoms with E-state index in [4.69, 9.17) is 15.2 Å². The van der Waals surface area contributed by atoms with Crippen LogP contribution in [0.5, 0.6) is 11.5 Å². The number of benzene rings is 2. The van der Waals surface area contributed by atoms with Crippen LogP contribution in [0.4, 0.5) is 5.82 Å². The number of nitrogens with two attached hydrogens (primary N) is 1. The summed E-state index contributed by atoms with van der Waals surface area (Å²) in [7, 11) is 3.15. The van der Waals surface area contributed by atoms with Gasteiger partial charge in [0.1, 0.15) is 11.6 Å². The second-order valence-corrected chi connectivity index (χ2v) is 6.40. The molecule has 1 aromatic heterocycles. The molecule has 8 nitrogen and oxygen atoms in total. The normalized spacial score (nSPS) is 10.3. The Morgan fingerprint density at radius 2 is 1.73 bits per heavy atom. The van der Waals surface area contributed by atoms with Crippen molar-refractivity contribution in [2.24, 2.45) is 0 Å². The quantitative estimate of drug-likeness (QED) is 0.446.